The van der Waals surface area contributed by atoms with Gasteiger partial charge in [0.15, 0.2) is 0 Å². The fourth-order valence-corrected chi connectivity index (χ4v) is 2.42. The second-order valence-electron chi connectivity index (χ2n) is 5.84. The first-order valence-corrected chi connectivity index (χ1v) is 7.71. The molecule has 23 heavy (non-hydrogen) atoms. The fraction of sp³-hybridized carbons (Fsp3) is 0.500. The Morgan fingerprint density at radius 2 is 2.09 bits per heavy atom. The molecule has 5 N–H and O–H groups in total. The Balaban J connectivity index is 1.91. The molecule has 0 heterocycles. The van der Waals surface area contributed by atoms with E-state index >= 15 is 0 Å². The van der Waals surface area contributed by atoms with E-state index in [9.17, 15) is 14.7 Å². The zero-order chi connectivity index (χ0) is 16.9. The van der Waals surface area contributed by atoms with E-state index < -0.39 is 17.5 Å². The lowest BCUT2D eigenvalue weighted by molar-refractivity contribution is -0.118. The van der Waals surface area contributed by atoms with Gasteiger partial charge in [-0.3, -0.25) is 4.79 Å². The molecular weight excluding hydrogens is 298 g/mol. The smallest absolute Gasteiger partial charge is 0.319 e. The molecule has 1 aliphatic rings. The summed E-state index contributed by atoms with van der Waals surface area (Å²) in [5.41, 5.74) is 4.74. The molecule has 0 radical (unpaired) electrons. The van der Waals surface area contributed by atoms with Gasteiger partial charge in [-0.1, -0.05) is 12.1 Å². The number of amides is 3. The van der Waals surface area contributed by atoms with Crippen LogP contribution in [0, 0.1) is 0 Å². The number of para-hydroxylation sites is 2. The maximum Gasteiger partial charge on any atom is 0.319 e. The molecule has 1 unspecified atom stereocenters. The number of carbonyl (C=O) groups is 2. The van der Waals surface area contributed by atoms with Crippen molar-refractivity contribution in [2.75, 3.05) is 11.9 Å². The van der Waals surface area contributed by atoms with E-state index in [2.05, 4.69) is 10.6 Å². The van der Waals surface area contributed by atoms with Crippen LogP contribution >= 0.6 is 0 Å². The first-order chi connectivity index (χ1) is 10.9. The Bertz CT molecular complexity index is 572. The number of hydrogen-bond acceptors (Lipinski definition) is 4. The number of ether oxygens (including phenoxy) is 1. The van der Waals surface area contributed by atoms with Gasteiger partial charge < -0.3 is 26.2 Å². The van der Waals surface area contributed by atoms with Crippen molar-refractivity contribution in [1.82, 2.24) is 5.32 Å². The summed E-state index contributed by atoms with van der Waals surface area (Å²) in [6.45, 7) is 1.93. The summed E-state index contributed by atoms with van der Waals surface area (Å²) >= 11 is 0. The van der Waals surface area contributed by atoms with E-state index in [0.29, 0.717) is 24.3 Å². The van der Waals surface area contributed by atoms with Crippen LogP contribution in [0.25, 0.3) is 0 Å². The molecule has 0 saturated heterocycles. The van der Waals surface area contributed by atoms with Crippen LogP contribution in [0.4, 0.5) is 10.5 Å². The molecule has 7 nitrogen and oxygen atoms in total. The molecule has 0 aromatic heterocycles. The summed E-state index contributed by atoms with van der Waals surface area (Å²) in [4.78, 5) is 22.8. The first-order valence-electron chi connectivity index (χ1n) is 7.71. The molecule has 126 valence electrons. The van der Waals surface area contributed by atoms with E-state index in [4.69, 9.17) is 10.5 Å². The van der Waals surface area contributed by atoms with E-state index in [-0.39, 0.29) is 19.1 Å². The predicted octanol–water partition coefficient (Wildman–Crippen LogP) is 1.37. The molecule has 1 aliphatic carbocycles. The second kappa shape index (κ2) is 7.32. The van der Waals surface area contributed by atoms with Crippen molar-refractivity contribution in [2.45, 2.75) is 44.2 Å². The second-order valence-corrected chi connectivity index (χ2v) is 5.84. The highest BCUT2D eigenvalue weighted by Gasteiger charge is 2.40. The molecule has 1 aromatic rings. The maximum absolute atomic E-state index is 12.1. The standard InChI is InChI=1S/C16H23N3O4/c1-11(16(22)8-4-9-16)18-15(21)19-12-5-2-3-6-13(12)23-10-7-14(17)20/h2-3,5-6,11,22H,4,7-10H2,1H3,(H2,17,20)(H2,18,19,21). The molecule has 1 fully saturated rings. The van der Waals surface area contributed by atoms with Gasteiger partial charge in [-0.2, -0.15) is 0 Å². The Hall–Kier alpha value is -2.28. The number of carbonyl (C=O) groups excluding carboxylic acids is 2. The third-order valence-corrected chi connectivity index (χ3v) is 4.11. The lowest BCUT2D eigenvalue weighted by Crippen LogP contribution is -2.55. The monoisotopic (exact) mass is 321 g/mol. The molecule has 1 aromatic carbocycles. The van der Waals surface area contributed by atoms with Crippen LogP contribution in [0.3, 0.4) is 0 Å². The highest BCUT2D eigenvalue weighted by Crippen LogP contribution is 2.34. The molecule has 0 bridgehead atoms. The number of aliphatic hydroxyl groups is 1. The van der Waals surface area contributed by atoms with E-state index in [1.165, 1.54) is 0 Å². The van der Waals surface area contributed by atoms with Gasteiger partial charge in [-0.15, -0.1) is 0 Å². The number of primary amides is 1. The molecular formula is C16H23N3O4. The van der Waals surface area contributed by atoms with Gasteiger partial charge >= 0.3 is 6.03 Å². The van der Waals surface area contributed by atoms with Crippen molar-refractivity contribution >= 4 is 17.6 Å². The van der Waals surface area contributed by atoms with Crippen LogP contribution in [0.2, 0.25) is 0 Å². The molecule has 2 rings (SSSR count). The number of hydrogen-bond donors (Lipinski definition) is 4. The summed E-state index contributed by atoms with van der Waals surface area (Å²) in [6, 6.07) is 6.17. The van der Waals surface area contributed by atoms with E-state index in [1.807, 2.05) is 0 Å². The average molecular weight is 321 g/mol. The minimum Gasteiger partial charge on any atom is -0.491 e. The number of urea groups is 1. The van der Waals surface area contributed by atoms with Crippen molar-refractivity contribution in [1.29, 1.82) is 0 Å². The summed E-state index contributed by atoms with van der Waals surface area (Å²) in [5.74, 6) is 0.00894. The largest absolute Gasteiger partial charge is 0.491 e. The number of nitrogens with two attached hydrogens (primary N) is 1. The topological polar surface area (TPSA) is 114 Å². The maximum atomic E-state index is 12.1. The van der Waals surface area contributed by atoms with Crippen molar-refractivity contribution in [2.24, 2.45) is 5.73 Å². The van der Waals surface area contributed by atoms with E-state index in [1.54, 1.807) is 31.2 Å². The molecule has 1 atom stereocenters. The van der Waals surface area contributed by atoms with Gasteiger partial charge in [-0.05, 0) is 38.3 Å². The predicted molar refractivity (Wildman–Crippen MR) is 86.2 cm³/mol. The summed E-state index contributed by atoms with van der Waals surface area (Å²) in [6.07, 6.45) is 2.47. The number of benzene rings is 1. The van der Waals surface area contributed by atoms with Crippen molar-refractivity contribution < 1.29 is 19.4 Å². The Morgan fingerprint density at radius 1 is 1.39 bits per heavy atom. The first kappa shape index (κ1) is 17.1. The number of anilines is 1. The molecule has 0 spiro atoms. The molecule has 7 heteroatoms. The van der Waals surface area contributed by atoms with Crippen LogP contribution in [-0.4, -0.2) is 35.3 Å². The van der Waals surface area contributed by atoms with Gasteiger partial charge in [0.2, 0.25) is 5.91 Å². The SMILES string of the molecule is CC(NC(=O)Nc1ccccc1OCCC(N)=O)C1(O)CCC1. The van der Waals surface area contributed by atoms with Gasteiger partial charge in [0.1, 0.15) is 5.75 Å². The summed E-state index contributed by atoms with van der Waals surface area (Å²) in [7, 11) is 0. The van der Waals surface area contributed by atoms with Gasteiger partial charge in [0.05, 0.1) is 30.4 Å². The van der Waals surface area contributed by atoms with Crippen LogP contribution in [0.1, 0.15) is 32.6 Å². The minimum absolute atomic E-state index is 0.102. The Morgan fingerprint density at radius 3 is 2.70 bits per heavy atom. The summed E-state index contributed by atoms with van der Waals surface area (Å²) < 4.78 is 5.46. The number of rotatable bonds is 7. The quantitative estimate of drug-likeness (QED) is 0.607. The van der Waals surface area contributed by atoms with E-state index in [0.717, 1.165) is 6.42 Å². The Kier molecular flexibility index (Phi) is 5.44. The average Bonchev–Trinajstić information content (AvgIpc) is 2.46. The van der Waals surface area contributed by atoms with Gasteiger partial charge in [0.25, 0.3) is 0 Å². The fourth-order valence-electron chi connectivity index (χ4n) is 2.42. The third-order valence-electron chi connectivity index (χ3n) is 4.11. The van der Waals surface area contributed by atoms with Crippen LogP contribution in [-0.2, 0) is 4.79 Å². The van der Waals surface area contributed by atoms with Crippen molar-refractivity contribution in [3.8, 4) is 5.75 Å². The van der Waals surface area contributed by atoms with Gasteiger partial charge in [0, 0.05) is 0 Å². The minimum atomic E-state index is -0.811. The van der Waals surface area contributed by atoms with Crippen molar-refractivity contribution in [3.63, 3.8) is 0 Å². The molecule has 3 amide bonds. The molecule has 1 saturated carbocycles. The lowest BCUT2D eigenvalue weighted by atomic mass is 9.75. The Labute approximate surface area is 135 Å². The highest BCUT2D eigenvalue weighted by atomic mass is 16.5. The molecule has 0 aliphatic heterocycles. The van der Waals surface area contributed by atoms with Gasteiger partial charge in [-0.25, -0.2) is 4.79 Å². The van der Waals surface area contributed by atoms with Crippen molar-refractivity contribution in [3.05, 3.63) is 24.3 Å². The summed E-state index contributed by atoms with van der Waals surface area (Å²) in [5, 5.41) is 15.6. The highest BCUT2D eigenvalue weighted by molar-refractivity contribution is 5.91. The third kappa shape index (κ3) is 4.59. The zero-order valence-electron chi connectivity index (χ0n) is 13.2. The zero-order valence-corrected chi connectivity index (χ0v) is 13.2. The van der Waals surface area contributed by atoms with Crippen LogP contribution in [0.5, 0.6) is 5.75 Å². The number of nitrogens with one attached hydrogen (secondary N) is 2. The van der Waals surface area contributed by atoms with Crippen LogP contribution in [0.15, 0.2) is 24.3 Å². The lowest BCUT2D eigenvalue weighted by Gasteiger charge is -2.41. The van der Waals surface area contributed by atoms with Crippen LogP contribution < -0.4 is 21.1 Å². The normalized spacial score (nSPS) is 16.8.